The lowest BCUT2D eigenvalue weighted by molar-refractivity contribution is -0.116. The Balaban J connectivity index is 1.22. The summed E-state index contributed by atoms with van der Waals surface area (Å²) in [5, 5.41) is 6.57. The zero-order chi connectivity index (χ0) is 25.5. The Bertz CT molecular complexity index is 1160. The number of anilines is 2. The highest BCUT2D eigenvalue weighted by molar-refractivity contribution is 6.34. The normalized spacial score (nSPS) is 13.9. The minimum Gasteiger partial charge on any atom is -0.326 e. The summed E-state index contributed by atoms with van der Waals surface area (Å²) in [6.07, 6.45) is 4.04. The smallest absolute Gasteiger partial charge is 0.321 e. The number of likely N-dealkylation sites (tertiary alicyclic amines) is 1. The molecule has 0 spiro atoms. The minimum absolute atomic E-state index is 0.0434. The fraction of sp³-hybridized carbons (Fsp3) is 0.333. The number of rotatable bonds is 7. The average Bonchev–Trinajstić information content (AvgIpc) is 2.87. The Labute approximate surface area is 218 Å². The van der Waals surface area contributed by atoms with Crippen LogP contribution in [-0.4, -0.2) is 29.9 Å². The predicted molar refractivity (Wildman–Crippen MR) is 148 cm³/mol. The second-order valence-corrected chi connectivity index (χ2v) is 10.0. The van der Waals surface area contributed by atoms with Gasteiger partial charge in [0, 0.05) is 25.2 Å². The van der Waals surface area contributed by atoms with Gasteiger partial charge >= 0.3 is 6.03 Å². The molecule has 0 aromatic heterocycles. The summed E-state index contributed by atoms with van der Waals surface area (Å²) >= 11 is 6.36. The van der Waals surface area contributed by atoms with Crippen LogP contribution in [-0.2, 0) is 11.2 Å². The van der Waals surface area contributed by atoms with E-state index in [0.29, 0.717) is 36.1 Å². The highest BCUT2D eigenvalue weighted by atomic mass is 35.5. The first kappa shape index (κ1) is 25.8. The zero-order valence-electron chi connectivity index (χ0n) is 21.0. The van der Waals surface area contributed by atoms with Crippen LogP contribution < -0.4 is 10.6 Å². The second kappa shape index (κ2) is 12.1. The van der Waals surface area contributed by atoms with E-state index >= 15 is 0 Å². The van der Waals surface area contributed by atoms with Gasteiger partial charge in [0.15, 0.2) is 0 Å². The third-order valence-corrected chi connectivity index (χ3v) is 7.12. The van der Waals surface area contributed by atoms with Gasteiger partial charge in [-0.3, -0.25) is 4.79 Å². The van der Waals surface area contributed by atoms with E-state index in [4.69, 9.17) is 11.6 Å². The number of hydrogen-bond donors (Lipinski definition) is 2. The fourth-order valence-electron chi connectivity index (χ4n) is 4.84. The molecule has 0 aliphatic carbocycles. The van der Waals surface area contributed by atoms with Crippen molar-refractivity contribution in [3.63, 3.8) is 0 Å². The molecule has 5 nitrogen and oxygen atoms in total. The van der Waals surface area contributed by atoms with E-state index in [2.05, 4.69) is 34.9 Å². The van der Waals surface area contributed by atoms with Crippen molar-refractivity contribution >= 4 is 34.9 Å². The molecule has 0 unspecified atom stereocenters. The van der Waals surface area contributed by atoms with Crippen molar-refractivity contribution in [1.82, 2.24) is 4.90 Å². The number of carbonyl (C=O) groups is 2. The van der Waals surface area contributed by atoms with Gasteiger partial charge in [0.25, 0.3) is 0 Å². The zero-order valence-corrected chi connectivity index (χ0v) is 21.8. The van der Waals surface area contributed by atoms with Gasteiger partial charge in [-0.05, 0) is 85.9 Å². The van der Waals surface area contributed by atoms with E-state index < -0.39 is 0 Å². The molecule has 1 aliphatic rings. The summed E-state index contributed by atoms with van der Waals surface area (Å²) in [6, 6.07) is 22.2. The number of amides is 3. The van der Waals surface area contributed by atoms with Crippen LogP contribution in [0.15, 0.2) is 66.7 Å². The van der Waals surface area contributed by atoms with Gasteiger partial charge in [-0.2, -0.15) is 0 Å². The lowest BCUT2D eigenvalue weighted by Gasteiger charge is -2.32. The molecular weight excluding hydrogens is 470 g/mol. The number of carbonyl (C=O) groups excluding carboxylic acids is 2. The van der Waals surface area contributed by atoms with Gasteiger partial charge in [-0.25, -0.2) is 4.79 Å². The molecule has 188 valence electrons. The van der Waals surface area contributed by atoms with E-state index in [1.165, 1.54) is 11.1 Å². The van der Waals surface area contributed by atoms with Crippen LogP contribution in [0.25, 0.3) is 0 Å². The summed E-state index contributed by atoms with van der Waals surface area (Å²) < 4.78 is 0. The monoisotopic (exact) mass is 503 g/mol. The first-order valence-corrected chi connectivity index (χ1v) is 13.0. The molecule has 3 aromatic rings. The predicted octanol–water partition coefficient (Wildman–Crippen LogP) is 7.33. The van der Waals surface area contributed by atoms with E-state index in [0.717, 1.165) is 42.5 Å². The highest BCUT2D eigenvalue weighted by Gasteiger charge is 2.24. The van der Waals surface area contributed by atoms with E-state index in [1.807, 2.05) is 61.2 Å². The number of benzene rings is 3. The number of nitrogens with one attached hydrogen (secondary N) is 2. The van der Waals surface area contributed by atoms with Crippen molar-refractivity contribution in [2.75, 3.05) is 23.7 Å². The lowest BCUT2D eigenvalue weighted by atomic mass is 9.89. The number of nitrogens with zero attached hydrogens (tertiary/aromatic N) is 1. The molecule has 0 radical (unpaired) electrons. The van der Waals surface area contributed by atoms with Crippen LogP contribution in [0, 0.1) is 13.8 Å². The fourth-order valence-corrected chi connectivity index (χ4v) is 5.20. The quantitative estimate of drug-likeness (QED) is 0.354. The molecule has 1 aliphatic heterocycles. The van der Waals surface area contributed by atoms with E-state index in [-0.39, 0.29) is 11.9 Å². The molecule has 1 heterocycles. The van der Waals surface area contributed by atoms with Crippen molar-refractivity contribution in [1.29, 1.82) is 0 Å². The third-order valence-electron chi connectivity index (χ3n) is 6.82. The molecule has 2 N–H and O–H groups in total. The molecule has 36 heavy (non-hydrogen) atoms. The molecule has 0 saturated carbocycles. The maximum atomic E-state index is 12.8. The van der Waals surface area contributed by atoms with Crippen molar-refractivity contribution in [3.05, 3.63) is 94.0 Å². The Kier molecular flexibility index (Phi) is 8.65. The molecule has 1 fully saturated rings. The Morgan fingerprint density at radius 2 is 1.64 bits per heavy atom. The maximum absolute atomic E-state index is 12.8. The SMILES string of the molecule is Cc1cc(C)c(NC(=O)N2CCC(c3ccc(NC(=O)CCCc4ccccc4)cc3)CC2)c(Cl)c1. The molecule has 6 heteroatoms. The van der Waals surface area contributed by atoms with Gasteiger partial charge in [-0.15, -0.1) is 0 Å². The van der Waals surface area contributed by atoms with Gasteiger partial charge in [0.05, 0.1) is 10.7 Å². The third kappa shape index (κ3) is 6.88. The van der Waals surface area contributed by atoms with Crippen LogP contribution in [0.1, 0.15) is 53.9 Å². The number of aryl methyl sites for hydroxylation is 3. The maximum Gasteiger partial charge on any atom is 0.321 e. The van der Waals surface area contributed by atoms with Gasteiger partial charge in [0.1, 0.15) is 0 Å². The number of hydrogen-bond acceptors (Lipinski definition) is 2. The topological polar surface area (TPSA) is 61.4 Å². The van der Waals surface area contributed by atoms with Gasteiger partial charge < -0.3 is 15.5 Å². The van der Waals surface area contributed by atoms with Crippen LogP contribution in [0.4, 0.5) is 16.2 Å². The summed E-state index contributed by atoms with van der Waals surface area (Å²) in [6.45, 7) is 5.33. The Morgan fingerprint density at radius 1 is 0.944 bits per heavy atom. The van der Waals surface area contributed by atoms with Gasteiger partial charge in [-0.1, -0.05) is 60.1 Å². The van der Waals surface area contributed by atoms with Crippen molar-refractivity contribution in [3.8, 4) is 0 Å². The highest BCUT2D eigenvalue weighted by Crippen LogP contribution is 2.31. The molecule has 4 rings (SSSR count). The van der Waals surface area contributed by atoms with Crippen molar-refractivity contribution in [2.45, 2.75) is 51.9 Å². The Morgan fingerprint density at radius 3 is 2.31 bits per heavy atom. The van der Waals surface area contributed by atoms with E-state index in [9.17, 15) is 9.59 Å². The number of piperidine rings is 1. The average molecular weight is 504 g/mol. The Hall–Kier alpha value is -3.31. The summed E-state index contributed by atoms with van der Waals surface area (Å²) in [5.74, 6) is 0.441. The van der Waals surface area contributed by atoms with Crippen LogP contribution in [0.3, 0.4) is 0 Å². The number of urea groups is 1. The van der Waals surface area contributed by atoms with Crippen LogP contribution >= 0.6 is 11.6 Å². The standard InChI is InChI=1S/C30H34ClN3O2/c1-21-19-22(2)29(27(31)20-21)33-30(36)34-17-15-25(16-18-34)24-11-13-26(14-12-24)32-28(35)10-6-9-23-7-4-3-5-8-23/h3-5,7-8,11-14,19-20,25H,6,9-10,15-18H2,1-2H3,(H,32,35)(H,33,36). The van der Waals surface area contributed by atoms with Gasteiger partial charge in [0.2, 0.25) is 5.91 Å². The largest absolute Gasteiger partial charge is 0.326 e. The van der Waals surface area contributed by atoms with E-state index in [1.54, 1.807) is 0 Å². The lowest BCUT2D eigenvalue weighted by Crippen LogP contribution is -2.40. The first-order chi connectivity index (χ1) is 17.4. The van der Waals surface area contributed by atoms with Crippen molar-refractivity contribution in [2.24, 2.45) is 0 Å². The second-order valence-electron chi connectivity index (χ2n) is 9.64. The molecule has 3 amide bonds. The molecule has 0 bridgehead atoms. The van der Waals surface area contributed by atoms with Crippen LogP contribution in [0.2, 0.25) is 5.02 Å². The molecule has 0 atom stereocenters. The molecular formula is C30H34ClN3O2. The van der Waals surface area contributed by atoms with Crippen molar-refractivity contribution < 1.29 is 9.59 Å². The first-order valence-electron chi connectivity index (χ1n) is 12.7. The summed E-state index contributed by atoms with van der Waals surface area (Å²) in [7, 11) is 0. The minimum atomic E-state index is -0.104. The summed E-state index contributed by atoms with van der Waals surface area (Å²) in [4.78, 5) is 27.0. The van der Waals surface area contributed by atoms with Crippen LogP contribution in [0.5, 0.6) is 0 Å². The molecule has 3 aromatic carbocycles. The number of halogens is 1. The molecule has 1 saturated heterocycles. The summed E-state index contributed by atoms with van der Waals surface area (Å²) in [5.41, 5.74) is 6.05.